The Labute approximate surface area is 169 Å². The van der Waals surface area contributed by atoms with Gasteiger partial charge < -0.3 is 31.4 Å². The molecule has 5 nitrogen and oxygen atoms in total. The molecule has 0 aromatic heterocycles. The lowest BCUT2D eigenvalue weighted by Crippen LogP contribution is -3.00. The Balaban J connectivity index is 0.00000364. The molecule has 1 aliphatic rings. The van der Waals surface area contributed by atoms with Crippen molar-refractivity contribution in [2.24, 2.45) is 11.8 Å². The quantitative estimate of drug-likeness (QED) is 0.615. The summed E-state index contributed by atoms with van der Waals surface area (Å²) in [5.41, 5.74) is 1.23. The molecule has 27 heavy (non-hydrogen) atoms. The van der Waals surface area contributed by atoms with Crippen LogP contribution in [0.5, 0.6) is 0 Å². The van der Waals surface area contributed by atoms with E-state index in [1.54, 1.807) is 7.11 Å². The monoisotopic (exact) mass is 399 g/mol. The molecule has 1 aliphatic heterocycles. The molecule has 0 aliphatic carbocycles. The summed E-state index contributed by atoms with van der Waals surface area (Å²) in [7, 11) is 1.70. The zero-order valence-electron chi connectivity index (χ0n) is 16.7. The van der Waals surface area contributed by atoms with Gasteiger partial charge >= 0.3 is 5.97 Å². The molecule has 1 saturated heterocycles. The Morgan fingerprint density at radius 1 is 1.19 bits per heavy atom. The van der Waals surface area contributed by atoms with E-state index >= 15 is 0 Å². The van der Waals surface area contributed by atoms with Crippen LogP contribution >= 0.6 is 0 Å². The number of carbonyl (C=O) groups excluding carboxylic acids is 1. The number of halogens is 1. The van der Waals surface area contributed by atoms with E-state index in [0.717, 1.165) is 12.8 Å². The Bertz CT molecular complexity index is 539. The van der Waals surface area contributed by atoms with Crippen LogP contribution in [-0.2, 0) is 30.2 Å². The van der Waals surface area contributed by atoms with Crippen LogP contribution in [0.4, 0.5) is 0 Å². The first-order chi connectivity index (χ1) is 12.5. The van der Waals surface area contributed by atoms with Gasteiger partial charge in [0.1, 0.15) is 6.10 Å². The molecular weight excluding hydrogens is 368 g/mol. The van der Waals surface area contributed by atoms with Crippen LogP contribution in [0.15, 0.2) is 30.3 Å². The second-order valence-corrected chi connectivity index (χ2v) is 7.20. The van der Waals surface area contributed by atoms with Crippen LogP contribution in [0, 0.1) is 11.8 Å². The predicted molar refractivity (Wildman–Crippen MR) is 100 cm³/mol. The van der Waals surface area contributed by atoms with Gasteiger partial charge in [-0.25, -0.2) is 0 Å². The average Bonchev–Trinajstić information content (AvgIpc) is 2.68. The molecule has 2 rings (SSSR count). The summed E-state index contributed by atoms with van der Waals surface area (Å²) in [5, 5.41) is 0. The summed E-state index contributed by atoms with van der Waals surface area (Å²) in [6.45, 7) is 7.25. The standard InChI is InChI=1S/C21H32O5.ClH/c1-15-13-24-14-19(12-18-8-6-5-7-9-18)20(17(3)26-21(15)22)25-11-10-16(2)23-4;/h5-9,15-17,19-20H,10-14H2,1-4H3;1H/p-1/t15-,16?,17-,19-,20-;/m0./s1. The molecule has 0 radical (unpaired) electrons. The van der Waals surface area contributed by atoms with Gasteiger partial charge in [-0.15, -0.1) is 0 Å². The van der Waals surface area contributed by atoms with Crippen LogP contribution in [0.2, 0.25) is 0 Å². The lowest BCUT2D eigenvalue weighted by molar-refractivity contribution is -0.162. The van der Waals surface area contributed by atoms with Crippen LogP contribution in [0.3, 0.4) is 0 Å². The summed E-state index contributed by atoms with van der Waals surface area (Å²) in [6, 6.07) is 10.3. The number of cyclic esters (lactones) is 1. The molecule has 0 N–H and O–H groups in total. The lowest BCUT2D eigenvalue weighted by atomic mass is 9.91. The van der Waals surface area contributed by atoms with E-state index < -0.39 is 0 Å². The van der Waals surface area contributed by atoms with Crippen LogP contribution in [-0.4, -0.2) is 51.2 Å². The summed E-state index contributed by atoms with van der Waals surface area (Å²) in [6.07, 6.45) is 1.21. The SMILES string of the molecule is COC(C)CCO[C@@H]1[C@@H](Cc2ccccc2)COC[C@H](C)C(=O)O[C@H]1C.[Cl-]. The van der Waals surface area contributed by atoms with E-state index in [9.17, 15) is 4.79 Å². The van der Waals surface area contributed by atoms with Gasteiger partial charge in [-0.3, -0.25) is 4.79 Å². The van der Waals surface area contributed by atoms with Crippen molar-refractivity contribution in [1.82, 2.24) is 0 Å². The number of hydrogen-bond acceptors (Lipinski definition) is 5. The lowest BCUT2D eigenvalue weighted by Gasteiger charge is -2.31. The number of methoxy groups -OCH3 is 1. The van der Waals surface area contributed by atoms with E-state index in [1.165, 1.54) is 5.56 Å². The molecule has 1 fully saturated rings. The molecule has 1 unspecified atom stereocenters. The van der Waals surface area contributed by atoms with Crippen molar-refractivity contribution in [2.45, 2.75) is 51.9 Å². The van der Waals surface area contributed by atoms with Gasteiger partial charge in [0.2, 0.25) is 0 Å². The maximum absolute atomic E-state index is 12.2. The molecule has 0 amide bonds. The van der Waals surface area contributed by atoms with Gasteiger partial charge in [-0.2, -0.15) is 0 Å². The van der Waals surface area contributed by atoms with Crippen molar-refractivity contribution in [3.05, 3.63) is 35.9 Å². The Hall–Kier alpha value is -1.14. The highest BCUT2D eigenvalue weighted by Crippen LogP contribution is 2.23. The highest BCUT2D eigenvalue weighted by atomic mass is 35.5. The number of benzene rings is 1. The van der Waals surface area contributed by atoms with E-state index in [1.807, 2.05) is 39.0 Å². The first-order valence-corrected chi connectivity index (χ1v) is 9.47. The minimum Gasteiger partial charge on any atom is -1.00 e. The zero-order chi connectivity index (χ0) is 18.9. The Morgan fingerprint density at radius 3 is 2.56 bits per heavy atom. The van der Waals surface area contributed by atoms with E-state index in [2.05, 4.69) is 12.1 Å². The maximum Gasteiger partial charge on any atom is 0.311 e. The Kier molecular flexibility index (Phi) is 10.9. The highest BCUT2D eigenvalue weighted by molar-refractivity contribution is 5.72. The fourth-order valence-corrected chi connectivity index (χ4v) is 3.16. The van der Waals surface area contributed by atoms with E-state index in [4.69, 9.17) is 18.9 Å². The molecule has 154 valence electrons. The van der Waals surface area contributed by atoms with E-state index in [0.29, 0.717) is 19.8 Å². The first kappa shape index (κ1) is 23.9. The normalized spacial score (nSPS) is 27.5. The molecule has 0 bridgehead atoms. The van der Waals surface area contributed by atoms with Gasteiger partial charge in [0.05, 0.1) is 31.3 Å². The smallest absolute Gasteiger partial charge is 0.311 e. The zero-order valence-corrected chi connectivity index (χ0v) is 17.5. The maximum atomic E-state index is 12.2. The molecular formula is C21H32ClO5-. The second kappa shape index (κ2) is 12.3. The number of esters is 1. The molecule has 0 spiro atoms. The third-order valence-electron chi connectivity index (χ3n) is 4.91. The fourth-order valence-electron chi connectivity index (χ4n) is 3.16. The first-order valence-electron chi connectivity index (χ1n) is 9.47. The molecule has 0 saturated carbocycles. The highest BCUT2D eigenvalue weighted by Gasteiger charge is 2.33. The van der Waals surface area contributed by atoms with Gasteiger partial charge in [-0.1, -0.05) is 30.3 Å². The van der Waals surface area contributed by atoms with Crippen molar-refractivity contribution in [2.75, 3.05) is 26.9 Å². The minimum atomic E-state index is -0.321. The second-order valence-electron chi connectivity index (χ2n) is 7.20. The van der Waals surface area contributed by atoms with Gasteiger partial charge in [0, 0.05) is 19.6 Å². The third-order valence-corrected chi connectivity index (χ3v) is 4.91. The molecule has 6 heteroatoms. The molecule has 5 atom stereocenters. The summed E-state index contributed by atoms with van der Waals surface area (Å²) < 4.78 is 23.0. The van der Waals surface area contributed by atoms with Crippen molar-refractivity contribution in [3.63, 3.8) is 0 Å². The topological polar surface area (TPSA) is 54.0 Å². The average molecular weight is 400 g/mol. The predicted octanol–water partition coefficient (Wildman–Crippen LogP) is 0.258. The molecule has 1 aromatic carbocycles. The number of ether oxygens (including phenoxy) is 4. The number of rotatable bonds is 7. The number of carbonyl (C=O) groups is 1. The largest absolute Gasteiger partial charge is 1.00 e. The summed E-state index contributed by atoms with van der Waals surface area (Å²) in [5.74, 6) is -0.373. The van der Waals surface area contributed by atoms with E-state index in [-0.39, 0.29) is 48.5 Å². The van der Waals surface area contributed by atoms with Gasteiger partial charge in [0.15, 0.2) is 0 Å². The van der Waals surface area contributed by atoms with Gasteiger partial charge in [0.25, 0.3) is 0 Å². The van der Waals surface area contributed by atoms with Crippen molar-refractivity contribution in [1.29, 1.82) is 0 Å². The van der Waals surface area contributed by atoms with Crippen molar-refractivity contribution >= 4 is 5.97 Å². The summed E-state index contributed by atoms with van der Waals surface area (Å²) >= 11 is 0. The molecule has 1 heterocycles. The fraction of sp³-hybridized carbons (Fsp3) is 0.667. The summed E-state index contributed by atoms with van der Waals surface area (Å²) in [4.78, 5) is 12.2. The van der Waals surface area contributed by atoms with Crippen molar-refractivity contribution in [3.8, 4) is 0 Å². The Morgan fingerprint density at radius 2 is 1.89 bits per heavy atom. The van der Waals surface area contributed by atoms with Crippen molar-refractivity contribution < 1.29 is 36.1 Å². The van der Waals surface area contributed by atoms with Crippen LogP contribution < -0.4 is 12.4 Å². The van der Waals surface area contributed by atoms with Crippen LogP contribution in [0.1, 0.15) is 32.8 Å². The molecule has 1 aromatic rings. The third kappa shape index (κ3) is 7.78. The van der Waals surface area contributed by atoms with Gasteiger partial charge in [-0.05, 0) is 39.2 Å². The minimum absolute atomic E-state index is 0. The van der Waals surface area contributed by atoms with Crippen LogP contribution in [0.25, 0.3) is 0 Å². The number of hydrogen-bond donors (Lipinski definition) is 0.